The number of hydrogen-bond acceptors (Lipinski definition) is 2. The van der Waals surface area contributed by atoms with Crippen molar-refractivity contribution in [2.45, 2.75) is 51.2 Å². The third kappa shape index (κ3) is 11.0. The molecule has 2 unspecified atom stereocenters. The second kappa shape index (κ2) is 12.0. The molecule has 0 fully saturated rings. The predicted octanol–water partition coefficient (Wildman–Crippen LogP) is 2.43. The van der Waals surface area contributed by atoms with Gasteiger partial charge in [0, 0.05) is 0 Å². The third-order valence-corrected chi connectivity index (χ3v) is 2.32. The first-order valence-corrected chi connectivity index (χ1v) is 6.35. The Balaban J connectivity index is 3.82. The molecule has 0 amide bonds. The maximum atomic E-state index is 9.57. The number of aliphatic hydroxyl groups excluding tert-OH is 2. The minimum Gasteiger partial charge on any atom is -0.389 e. The highest BCUT2D eigenvalue weighted by Gasteiger charge is 1.96. The summed E-state index contributed by atoms with van der Waals surface area (Å²) in [7, 11) is 0. The van der Waals surface area contributed by atoms with Crippen LogP contribution in [0, 0.1) is 23.7 Å². The SMILES string of the molecule is C=CCCCCC(O)/C=C/C#CC#CC(O)CC. The van der Waals surface area contributed by atoms with Crippen LogP contribution < -0.4 is 0 Å². The molecule has 0 bridgehead atoms. The topological polar surface area (TPSA) is 40.5 Å². The molecule has 98 valence electrons. The number of allylic oxidation sites excluding steroid dienone is 2. The lowest BCUT2D eigenvalue weighted by Crippen LogP contribution is -2.00. The molecule has 2 heteroatoms. The van der Waals surface area contributed by atoms with Crippen LogP contribution in [-0.2, 0) is 0 Å². The van der Waals surface area contributed by atoms with E-state index in [1.54, 1.807) is 12.2 Å². The van der Waals surface area contributed by atoms with Gasteiger partial charge in [-0.15, -0.1) is 6.58 Å². The summed E-state index contributed by atoms with van der Waals surface area (Å²) >= 11 is 0. The quantitative estimate of drug-likeness (QED) is 0.411. The van der Waals surface area contributed by atoms with Crippen molar-refractivity contribution in [2.75, 3.05) is 0 Å². The predicted molar refractivity (Wildman–Crippen MR) is 75.7 cm³/mol. The maximum Gasteiger partial charge on any atom is 0.115 e. The first-order chi connectivity index (χ1) is 8.70. The Bertz CT molecular complexity index is 360. The van der Waals surface area contributed by atoms with Gasteiger partial charge in [-0.1, -0.05) is 31.3 Å². The molecule has 0 aromatic heterocycles. The summed E-state index contributed by atoms with van der Waals surface area (Å²) in [5.41, 5.74) is 0. The molecule has 0 spiro atoms. The van der Waals surface area contributed by atoms with Crippen molar-refractivity contribution in [1.82, 2.24) is 0 Å². The van der Waals surface area contributed by atoms with Crippen LogP contribution >= 0.6 is 0 Å². The van der Waals surface area contributed by atoms with Crippen LogP contribution in [0.25, 0.3) is 0 Å². The maximum absolute atomic E-state index is 9.57. The van der Waals surface area contributed by atoms with Crippen molar-refractivity contribution in [3.63, 3.8) is 0 Å². The highest BCUT2D eigenvalue weighted by molar-refractivity contribution is 5.31. The fraction of sp³-hybridized carbons (Fsp3) is 0.500. The van der Waals surface area contributed by atoms with Crippen LogP contribution in [0.5, 0.6) is 0 Å². The van der Waals surface area contributed by atoms with Crippen LogP contribution in [0.15, 0.2) is 24.8 Å². The minimum absolute atomic E-state index is 0.446. The first-order valence-electron chi connectivity index (χ1n) is 6.35. The Labute approximate surface area is 110 Å². The number of hydrogen-bond donors (Lipinski definition) is 2. The summed E-state index contributed by atoms with van der Waals surface area (Å²) in [6, 6.07) is 0. The van der Waals surface area contributed by atoms with E-state index in [4.69, 9.17) is 5.11 Å². The number of aliphatic hydroxyl groups is 2. The molecule has 2 nitrogen and oxygen atoms in total. The fourth-order valence-corrected chi connectivity index (χ4v) is 1.20. The van der Waals surface area contributed by atoms with E-state index in [1.807, 2.05) is 13.0 Å². The van der Waals surface area contributed by atoms with Crippen LogP contribution in [0.2, 0.25) is 0 Å². The lowest BCUT2D eigenvalue weighted by molar-refractivity contribution is 0.208. The molecule has 0 rings (SSSR count). The van der Waals surface area contributed by atoms with Gasteiger partial charge in [-0.25, -0.2) is 0 Å². The number of rotatable bonds is 7. The Morgan fingerprint density at radius 2 is 2.00 bits per heavy atom. The Morgan fingerprint density at radius 3 is 2.67 bits per heavy atom. The van der Waals surface area contributed by atoms with Gasteiger partial charge in [-0.2, -0.15) is 0 Å². The smallest absolute Gasteiger partial charge is 0.115 e. The minimum atomic E-state index is -0.598. The van der Waals surface area contributed by atoms with E-state index in [-0.39, 0.29) is 0 Å². The summed E-state index contributed by atoms with van der Waals surface area (Å²) < 4.78 is 0. The van der Waals surface area contributed by atoms with Gasteiger partial charge in [0.1, 0.15) is 6.10 Å². The van der Waals surface area contributed by atoms with Gasteiger partial charge in [-0.3, -0.25) is 0 Å². The second-order valence-corrected chi connectivity index (χ2v) is 3.96. The zero-order valence-corrected chi connectivity index (χ0v) is 11.0. The monoisotopic (exact) mass is 246 g/mol. The van der Waals surface area contributed by atoms with Crippen LogP contribution in [0.4, 0.5) is 0 Å². The van der Waals surface area contributed by atoms with E-state index >= 15 is 0 Å². The summed E-state index contributed by atoms with van der Waals surface area (Å²) in [4.78, 5) is 0. The Hall–Kier alpha value is -1.48. The molecule has 2 atom stereocenters. The molecule has 0 aromatic rings. The second-order valence-electron chi connectivity index (χ2n) is 3.96. The molecule has 0 heterocycles. The van der Waals surface area contributed by atoms with Gasteiger partial charge in [0.05, 0.1) is 6.10 Å². The molecule has 0 saturated carbocycles. The van der Waals surface area contributed by atoms with Crippen LogP contribution in [0.1, 0.15) is 39.0 Å². The fourth-order valence-electron chi connectivity index (χ4n) is 1.20. The Morgan fingerprint density at radius 1 is 1.22 bits per heavy atom. The molecule has 0 aliphatic rings. The lowest BCUT2D eigenvalue weighted by Gasteiger charge is -2.02. The summed E-state index contributed by atoms with van der Waals surface area (Å²) in [5.74, 6) is 10.5. The van der Waals surface area contributed by atoms with Gasteiger partial charge in [0.15, 0.2) is 0 Å². The molecular weight excluding hydrogens is 224 g/mol. The van der Waals surface area contributed by atoms with Crippen molar-refractivity contribution < 1.29 is 10.2 Å². The van der Waals surface area contributed by atoms with E-state index in [2.05, 4.69) is 30.3 Å². The van der Waals surface area contributed by atoms with E-state index in [0.29, 0.717) is 6.42 Å². The molecule has 0 aliphatic carbocycles. The summed E-state index contributed by atoms with van der Waals surface area (Å²) in [5, 5.41) is 18.7. The van der Waals surface area contributed by atoms with E-state index < -0.39 is 12.2 Å². The third-order valence-electron chi connectivity index (χ3n) is 2.32. The summed E-state index contributed by atoms with van der Waals surface area (Å²) in [6.07, 6.45) is 8.48. The normalized spacial score (nSPS) is 13.1. The van der Waals surface area contributed by atoms with Gasteiger partial charge >= 0.3 is 0 Å². The van der Waals surface area contributed by atoms with Crippen molar-refractivity contribution in [2.24, 2.45) is 0 Å². The average molecular weight is 246 g/mol. The lowest BCUT2D eigenvalue weighted by atomic mass is 10.1. The van der Waals surface area contributed by atoms with Crippen molar-refractivity contribution in [3.8, 4) is 23.7 Å². The van der Waals surface area contributed by atoms with Gasteiger partial charge in [0.25, 0.3) is 0 Å². The van der Waals surface area contributed by atoms with Crippen molar-refractivity contribution >= 4 is 0 Å². The molecule has 0 aromatic carbocycles. The average Bonchev–Trinajstić information content (AvgIpc) is 2.38. The van der Waals surface area contributed by atoms with E-state index in [0.717, 1.165) is 25.7 Å². The molecule has 0 radical (unpaired) electrons. The molecule has 18 heavy (non-hydrogen) atoms. The van der Waals surface area contributed by atoms with E-state index in [1.165, 1.54) is 0 Å². The van der Waals surface area contributed by atoms with Crippen molar-refractivity contribution in [1.29, 1.82) is 0 Å². The Kier molecular flexibility index (Phi) is 11.0. The summed E-state index contributed by atoms with van der Waals surface area (Å²) in [6.45, 7) is 5.51. The number of unbranched alkanes of at least 4 members (excludes halogenated alkanes) is 2. The zero-order chi connectivity index (χ0) is 13.6. The van der Waals surface area contributed by atoms with Gasteiger partial charge in [0.2, 0.25) is 0 Å². The van der Waals surface area contributed by atoms with Gasteiger partial charge in [-0.05, 0) is 49.7 Å². The molecule has 0 aliphatic heterocycles. The molecular formula is C16H22O2. The largest absolute Gasteiger partial charge is 0.389 e. The van der Waals surface area contributed by atoms with Gasteiger partial charge < -0.3 is 10.2 Å². The standard InChI is InChI=1S/C16H22O2/c1-3-5-6-9-13-16(18)14-11-8-7-10-12-15(17)4-2/h3,11,14-18H,1,4-6,9,13H2,2H3/b14-11+. The molecule has 0 saturated heterocycles. The van der Waals surface area contributed by atoms with E-state index in [9.17, 15) is 5.11 Å². The highest BCUT2D eigenvalue weighted by atomic mass is 16.3. The van der Waals surface area contributed by atoms with Crippen LogP contribution in [0.3, 0.4) is 0 Å². The highest BCUT2D eigenvalue weighted by Crippen LogP contribution is 2.04. The first kappa shape index (κ1) is 16.5. The van der Waals surface area contributed by atoms with Crippen molar-refractivity contribution in [3.05, 3.63) is 24.8 Å². The zero-order valence-electron chi connectivity index (χ0n) is 11.0. The molecule has 2 N–H and O–H groups in total. The van der Waals surface area contributed by atoms with Crippen LogP contribution in [-0.4, -0.2) is 22.4 Å².